The number of esters is 1. The molecule has 0 N–H and O–H groups in total. The van der Waals surface area contributed by atoms with E-state index in [9.17, 15) is 9.59 Å². The lowest BCUT2D eigenvalue weighted by Crippen LogP contribution is -2.40. The minimum Gasteiger partial charge on any atom is -0.469 e. The van der Waals surface area contributed by atoms with Gasteiger partial charge in [-0.2, -0.15) is 0 Å². The van der Waals surface area contributed by atoms with Crippen LogP contribution in [0.15, 0.2) is 12.2 Å². The number of ether oxygens (including phenoxy) is 1. The molecule has 0 aliphatic carbocycles. The Kier molecular flexibility index (Phi) is 2.70. The van der Waals surface area contributed by atoms with Crippen LogP contribution in [0, 0.1) is 5.92 Å². The number of hydrogen-bond acceptors (Lipinski definition) is 3. The lowest BCUT2D eigenvalue weighted by atomic mass is 9.92. The van der Waals surface area contributed by atoms with E-state index < -0.39 is 5.92 Å². The molecular weight excluding hydrogens is 170 g/mol. The number of carbonyl (C=O) groups excluding carboxylic acids is 2. The Morgan fingerprint density at radius 3 is 2.85 bits per heavy atom. The zero-order chi connectivity index (χ0) is 10.0. The molecule has 13 heavy (non-hydrogen) atoms. The number of hydrogen-bond donors (Lipinski definition) is 0. The number of nitrogens with zero attached hydrogens (tertiary/aromatic N) is 1. The fourth-order valence-corrected chi connectivity index (χ4v) is 1.40. The van der Waals surface area contributed by atoms with Gasteiger partial charge in [-0.05, 0) is 6.42 Å². The number of piperidine rings is 1. The SMILES string of the molecule is C=C1C(=O)N(C)CCC1C(=O)OC. The average Bonchev–Trinajstić information content (AvgIpc) is 2.13. The number of likely N-dealkylation sites (N-methyl/N-ethyl adjacent to an activating group) is 1. The van der Waals surface area contributed by atoms with Gasteiger partial charge in [-0.1, -0.05) is 6.58 Å². The van der Waals surface area contributed by atoms with Crippen molar-refractivity contribution in [2.24, 2.45) is 5.92 Å². The molecule has 4 heteroatoms. The summed E-state index contributed by atoms with van der Waals surface area (Å²) in [6, 6.07) is 0. The molecule has 72 valence electrons. The highest BCUT2D eigenvalue weighted by Gasteiger charge is 2.32. The summed E-state index contributed by atoms with van der Waals surface area (Å²) in [5, 5.41) is 0. The van der Waals surface area contributed by atoms with Gasteiger partial charge in [-0.25, -0.2) is 0 Å². The van der Waals surface area contributed by atoms with Crippen molar-refractivity contribution in [1.29, 1.82) is 0 Å². The van der Waals surface area contributed by atoms with Crippen molar-refractivity contribution in [3.63, 3.8) is 0 Å². The van der Waals surface area contributed by atoms with Crippen LogP contribution in [0.1, 0.15) is 6.42 Å². The first-order valence-electron chi connectivity index (χ1n) is 4.10. The number of likely N-dealkylation sites (tertiary alicyclic amines) is 1. The predicted octanol–water partition coefficient (Wildman–Crippen LogP) is 0.194. The van der Waals surface area contributed by atoms with E-state index in [1.54, 1.807) is 11.9 Å². The monoisotopic (exact) mass is 183 g/mol. The van der Waals surface area contributed by atoms with Gasteiger partial charge in [0.15, 0.2) is 0 Å². The van der Waals surface area contributed by atoms with E-state index >= 15 is 0 Å². The van der Waals surface area contributed by atoms with Gasteiger partial charge in [0.2, 0.25) is 5.91 Å². The minimum absolute atomic E-state index is 0.165. The summed E-state index contributed by atoms with van der Waals surface area (Å²) in [5.41, 5.74) is 0.334. The smallest absolute Gasteiger partial charge is 0.313 e. The van der Waals surface area contributed by atoms with Crippen molar-refractivity contribution >= 4 is 11.9 Å². The maximum Gasteiger partial charge on any atom is 0.313 e. The fourth-order valence-electron chi connectivity index (χ4n) is 1.40. The third-order valence-corrected chi connectivity index (χ3v) is 2.28. The lowest BCUT2D eigenvalue weighted by Gasteiger charge is -2.28. The number of methoxy groups -OCH3 is 1. The first-order chi connectivity index (χ1) is 6.07. The van der Waals surface area contributed by atoms with Gasteiger partial charge in [0.25, 0.3) is 0 Å². The highest BCUT2D eigenvalue weighted by atomic mass is 16.5. The first kappa shape index (κ1) is 9.77. The van der Waals surface area contributed by atoms with Crippen molar-refractivity contribution < 1.29 is 14.3 Å². The van der Waals surface area contributed by atoms with Gasteiger partial charge < -0.3 is 9.64 Å². The molecular formula is C9H13NO3. The molecule has 4 nitrogen and oxygen atoms in total. The van der Waals surface area contributed by atoms with Gasteiger partial charge in [0.05, 0.1) is 13.0 Å². The molecule has 0 bridgehead atoms. The van der Waals surface area contributed by atoms with E-state index in [1.165, 1.54) is 7.11 Å². The Bertz CT molecular complexity index is 260. The van der Waals surface area contributed by atoms with E-state index in [4.69, 9.17) is 0 Å². The Hall–Kier alpha value is -1.32. The topological polar surface area (TPSA) is 46.6 Å². The van der Waals surface area contributed by atoms with Crippen molar-refractivity contribution in [1.82, 2.24) is 4.90 Å². The lowest BCUT2D eigenvalue weighted by molar-refractivity contribution is -0.147. The Morgan fingerprint density at radius 1 is 1.69 bits per heavy atom. The molecule has 1 aliphatic heterocycles. The predicted molar refractivity (Wildman–Crippen MR) is 46.9 cm³/mol. The van der Waals surface area contributed by atoms with Gasteiger partial charge in [0.1, 0.15) is 0 Å². The molecule has 0 aromatic carbocycles. The molecule has 0 spiro atoms. The van der Waals surface area contributed by atoms with Crippen LogP contribution in [0.5, 0.6) is 0 Å². The second-order valence-electron chi connectivity index (χ2n) is 3.12. The summed E-state index contributed by atoms with van der Waals surface area (Å²) in [4.78, 5) is 24.1. The zero-order valence-corrected chi connectivity index (χ0v) is 7.87. The third kappa shape index (κ3) is 1.71. The van der Waals surface area contributed by atoms with Crippen LogP contribution in [0.4, 0.5) is 0 Å². The standard InChI is InChI=1S/C9H13NO3/c1-6-7(9(12)13-3)4-5-10(2)8(6)11/h7H,1,4-5H2,2-3H3. The maximum absolute atomic E-state index is 11.4. The molecule has 1 aliphatic rings. The molecule has 1 rings (SSSR count). The maximum atomic E-state index is 11.4. The first-order valence-corrected chi connectivity index (χ1v) is 4.10. The Balaban J connectivity index is 2.75. The summed E-state index contributed by atoms with van der Waals surface area (Å²) in [6.07, 6.45) is 0.605. The number of carbonyl (C=O) groups is 2. The molecule has 1 unspecified atom stereocenters. The average molecular weight is 183 g/mol. The molecule has 1 heterocycles. The second kappa shape index (κ2) is 3.60. The molecule has 0 saturated carbocycles. The number of rotatable bonds is 1. The molecule has 0 radical (unpaired) electrons. The summed E-state index contributed by atoms with van der Waals surface area (Å²) in [5.74, 6) is -0.984. The van der Waals surface area contributed by atoms with Crippen LogP contribution in [0.25, 0.3) is 0 Å². The number of amides is 1. The Labute approximate surface area is 77.2 Å². The van der Waals surface area contributed by atoms with E-state index in [2.05, 4.69) is 11.3 Å². The summed E-state index contributed by atoms with van der Waals surface area (Å²) in [6.45, 7) is 4.18. The van der Waals surface area contributed by atoms with E-state index in [-0.39, 0.29) is 11.9 Å². The quantitative estimate of drug-likeness (QED) is 0.431. The molecule has 1 saturated heterocycles. The van der Waals surface area contributed by atoms with E-state index in [0.29, 0.717) is 18.5 Å². The highest BCUT2D eigenvalue weighted by molar-refractivity contribution is 5.99. The molecule has 1 atom stereocenters. The summed E-state index contributed by atoms with van der Waals surface area (Å²) >= 11 is 0. The van der Waals surface area contributed by atoms with E-state index in [0.717, 1.165) is 0 Å². The van der Waals surface area contributed by atoms with Gasteiger partial charge >= 0.3 is 5.97 Å². The molecule has 1 amide bonds. The largest absolute Gasteiger partial charge is 0.469 e. The minimum atomic E-state index is -0.450. The van der Waals surface area contributed by atoms with Crippen LogP contribution in [-0.4, -0.2) is 37.5 Å². The zero-order valence-electron chi connectivity index (χ0n) is 7.87. The third-order valence-electron chi connectivity index (χ3n) is 2.28. The normalized spacial score (nSPS) is 23.2. The second-order valence-corrected chi connectivity index (χ2v) is 3.12. The highest BCUT2D eigenvalue weighted by Crippen LogP contribution is 2.22. The fraction of sp³-hybridized carbons (Fsp3) is 0.556. The van der Waals surface area contributed by atoms with Crippen LogP contribution in [0.2, 0.25) is 0 Å². The van der Waals surface area contributed by atoms with Crippen LogP contribution >= 0.6 is 0 Å². The van der Waals surface area contributed by atoms with Crippen molar-refractivity contribution in [2.45, 2.75) is 6.42 Å². The summed E-state index contributed by atoms with van der Waals surface area (Å²) < 4.78 is 4.57. The van der Waals surface area contributed by atoms with Crippen molar-refractivity contribution in [3.8, 4) is 0 Å². The van der Waals surface area contributed by atoms with Crippen molar-refractivity contribution in [3.05, 3.63) is 12.2 Å². The molecule has 0 aromatic heterocycles. The van der Waals surface area contributed by atoms with Gasteiger partial charge in [-0.3, -0.25) is 9.59 Å². The van der Waals surface area contributed by atoms with E-state index in [1.807, 2.05) is 0 Å². The molecule has 0 aromatic rings. The van der Waals surface area contributed by atoms with Crippen LogP contribution in [0.3, 0.4) is 0 Å². The summed E-state index contributed by atoms with van der Waals surface area (Å²) in [7, 11) is 3.01. The van der Waals surface area contributed by atoms with Gasteiger partial charge in [0, 0.05) is 19.2 Å². The van der Waals surface area contributed by atoms with Crippen molar-refractivity contribution in [2.75, 3.05) is 20.7 Å². The van der Waals surface area contributed by atoms with Gasteiger partial charge in [-0.15, -0.1) is 0 Å². The van der Waals surface area contributed by atoms with Crippen LogP contribution < -0.4 is 0 Å². The van der Waals surface area contributed by atoms with Crippen LogP contribution in [-0.2, 0) is 14.3 Å². The molecule has 1 fully saturated rings. The Morgan fingerprint density at radius 2 is 2.31 bits per heavy atom.